The van der Waals surface area contributed by atoms with Crippen LogP contribution in [0.15, 0.2) is 78.5 Å². The maximum absolute atomic E-state index is 15.4. The van der Waals surface area contributed by atoms with Gasteiger partial charge in [-0.25, -0.2) is 0 Å². The summed E-state index contributed by atoms with van der Waals surface area (Å²) in [7, 11) is -3.22. The van der Waals surface area contributed by atoms with E-state index in [9.17, 15) is 4.79 Å². The van der Waals surface area contributed by atoms with E-state index in [1.54, 1.807) is 0 Å². The van der Waals surface area contributed by atoms with Crippen LogP contribution in [0.1, 0.15) is 63.5 Å². The van der Waals surface area contributed by atoms with Crippen molar-refractivity contribution < 1.29 is 9.36 Å². The number of carbonyl (C=O) groups excluding carboxylic acids is 1. The van der Waals surface area contributed by atoms with E-state index in [0.717, 1.165) is 49.1 Å². The summed E-state index contributed by atoms with van der Waals surface area (Å²) in [6.45, 7) is 4.85. The number of hydrogen-bond acceptors (Lipinski definition) is 4. The minimum absolute atomic E-state index is 0.0803. The molecule has 1 aromatic heterocycles. The second-order valence-corrected chi connectivity index (χ2v) is 15.2. The smallest absolute Gasteiger partial charge is 0.190 e. The van der Waals surface area contributed by atoms with Crippen molar-refractivity contribution in [2.75, 3.05) is 0 Å². The Morgan fingerprint density at radius 2 is 1.53 bits per heavy atom. The van der Waals surface area contributed by atoms with Gasteiger partial charge in [0.25, 0.3) is 0 Å². The summed E-state index contributed by atoms with van der Waals surface area (Å²) in [5.74, 6) is 1.99. The lowest BCUT2D eigenvalue weighted by molar-refractivity contribution is -0.117. The highest BCUT2D eigenvalue weighted by Gasteiger charge is 2.59. The van der Waals surface area contributed by atoms with E-state index >= 15 is 4.57 Å². The van der Waals surface area contributed by atoms with Crippen LogP contribution in [-0.4, -0.2) is 16.0 Å². The Kier molecular flexibility index (Phi) is 5.47. The summed E-state index contributed by atoms with van der Waals surface area (Å²) in [5, 5.41) is 10.9. The summed E-state index contributed by atoms with van der Waals surface area (Å²) in [6.07, 6.45) is 11.0. The molecule has 0 saturated heterocycles. The predicted octanol–water partition coefficient (Wildman–Crippen LogP) is 5.66. The van der Waals surface area contributed by atoms with E-state index in [-0.39, 0.29) is 10.8 Å². The first-order chi connectivity index (χ1) is 18.4. The molecular formula is C33H35N2O2P. The molecule has 0 spiro atoms. The van der Waals surface area contributed by atoms with Gasteiger partial charge in [-0.3, -0.25) is 4.79 Å². The van der Waals surface area contributed by atoms with Crippen molar-refractivity contribution in [3.8, 4) is 0 Å². The Hall–Kier alpha value is -2.84. The van der Waals surface area contributed by atoms with Crippen molar-refractivity contribution in [1.29, 1.82) is 0 Å². The van der Waals surface area contributed by atoms with E-state index in [4.69, 9.17) is 5.10 Å². The molecule has 2 saturated carbocycles. The van der Waals surface area contributed by atoms with Gasteiger partial charge in [0.15, 0.2) is 12.9 Å². The van der Waals surface area contributed by atoms with Crippen LogP contribution in [0.2, 0.25) is 0 Å². The number of aromatic nitrogens is 2. The molecule has 4 aliphatic carbocycles. The SMILES string of the molecule is C[C@]12CCC(=O)C=C1CC[C@@H]1[C@@H]2CC[C@]2(C)c3c(cnnc3P(=O)(c3ccccc3)c3ccccc3)C[C@@H]12. The molecule has 0 N–H and O–H groups in total. The number of carbonyl (C=O) groups is 1. The molecule has 4 aliphatic rings. The maximum atomic E-state index is 15.4. The van der Waals surface area contributed by atoms with E-state index in [2.05, 4.69) is 18.9 Å². The molecule has 7 rings (SSSR count). The van der Waals surface area contributed by atoms with Gasteiger partial charge in [0.1, 0.15) is 5.44 Å². The van der Waals surface area contributed by atoms with Gasteiger partial charge in [-0.05, 0) is 84.3 Å². The number of fused-ring (bicyclic) bond motifs is 7. The first-order valence-electron chi connectivity index (χ1n) is 14.2. The van der Waals surface area contributed by atoms with Crippen molar-refractivity contribution in [1.82, 2.24) is 10.2 Å². The van der Waals surface area contributed by atoms with Crippen LogP contribution in [0.3, 0.4) is 0 Å². The first kappa shape index (κ1) is 24.2. The number of nitrogens with zero attached hydrogens (tertiary/aromatic N) is 2. The van der Waals surface area contributed by atoms with Crippen LogP contribution in [-0.2, 0) is 21.2 Å². The average Bonchev–Trinajstić information content (AvgIpc) is 3.27. The number of hydrogen-bond donors (Lipinski definition) is 0. The van der Waals surface area contributed by atoms with Gasteiger partial charge < -0.3 is 4.57 Å². The molecule has 5 heteroatoms. The molecule has 38 heavy (non-hydrogen) atoms. The zero-order valence-electron chi connectivity index (χ0n) is 22.3. The van der Waals surface area contributed by atoms with Crippen molar-refractivity contribution in [2.24, 2.45) is 23.2 Å². The first-order valence-corrected chi connectivity index (χ1v) is 15.9. The van der Waals surface area contributed by atoms with Crippen molar-refractivity contribution >= 4 is 29.0 Å². The second-order valence-electron chi connectivity index (χ2n) is 12.5. The molecule has 5 atom stereocenters. The Balaban J connectivity index is 1.36. The fraction of sp³-hybridized carbons (Fsp3) is 0.424. The fourth-order valence-electron chi connectivity index (χ4n) is 8.88. The monoisotopic (exact) mass is 522 g/mol. The molecule has 0 radical (unpaired) electrons. The van der Waals surface area contributed by atoms with E-state index < -0.39 is 7.14 Å². The van der Waals surface area contributed by atoms with Gasteiger partial charge in [0.2, 0.25) is 0 Å². The van der Waals surface area contributed by atoms with Crippen molar-refractivity contribution in [3.05, 3.63) is 89.6 Å². The maximum Gasteiger partial charge on any atom is 0.190 e. The standard InChI is InChI=1S/C33H35N2O2P/c1-32-17-15-24(36)20-23(32)13-14-27-28(32)16-18-33(2)29(27)19-22-21-34-35-31(30(22)33)38(37,25-9-5-3-6-10-25)26-11-7-4-8-12-26/h3-12,20-21,27-29H,13-19H2,1-2H3/t27-,28+,29+,32+,33+/m1/s1. The molecular weight excluding hydrogens is 487 g/mol. The van der Waals surface area contributed by atoms with E-state index in [0.29, 0.717) is 35.4 Å². The summed E-state index contributed by atoms with van der Waals surface area (Å²) >= 11 is 0. The quantitative estimate of drug-likeness (QED) is 0.417. The summed E-state index contributed by atoms with van der Waals surface area (Å²) in [6, 6.07) is 19.8. The van der Waals surface area contributed by atoms with Crippen LogP contribution >= 0.6 is 7.14 Å². The largest absolute Gasteiger partial charge is 0.307 e. The Bertz CT molecular complexity index is 1460. The van der Waals surface area contributed by atoms with E-state index in [1.165, 1.54) is 16.7 Å². The topological polar surface area (TPSA) is 59.9 Å². The number of ketones is 1. The van der Waals surface area contributed by atoms with Crippen molar-refractivity contribution in [2.45, 2.75) is 64.2 Å². The summed E-state index contributed by atoms with van der Waals surface area (Å²) in [4.78, 5) is 12.3. The Morgan fingerprint density at radius 1 is 0.842 bits per heavy atom. The molecule has 2 aromatic carbocycles. The molecule has 2 fully saturated rings. The molecule has 0 aliphatic heterocycles. The molecule has 3 aromatic rings. The van der Waals surface area contributed by atoms with Crippen LogP contribution in [0.5, 0.6) is 0 Å². The third-order valence-corrected chi connectivity index (χ3v) is 13.8. The van der Waals surface area contributed by atoms with Gasteiger partial charge in [0, 0.05) is 17.0 Å². The predicted molar refractivity (Wildman–Crippen MR) is 152 cm³/mol. The summed E-state index contributed by atoms with van der Waals surface area (Å²) < 4.78 is 15.4. The average molecular weight is 523 g/mol. The van der Waals surface area contributed by atoms with Gasteiger partial charge >= 0.3 is 0 Å². The van der Waals surface area contributed by atoms with Crippen molar-refractivity contribution in [3.63, 3.8) is 0 Å². The van der Waals surface area contributed by atoms with Crippen LogP contribution in [0.4, 0.5) is 0 Å². The molecule has 1 heterocycles. The van der Waals surface area contributed by atoms with Gasteiger partial charge in [-0.15, -0.1) is 5.10 Å². The number of allylic oxidation sites excluding steroid dienone is 2. The minimum Gasteiger partial charge on any atom is -0.307 e. The molecule has 0 bridgehead atoms. The van der Waals surface area contributed by atoms with Gasteiger partial charge in [-0.1, -0.05) is 80.1 Å². The van der Waals surface area contributed by atoms with Gasteiger partial charge in [-0.2, -0.15) is 5.10 Å². The Labute approximate surface area is 225 Å². The summed E-state index contributed by atoms with van der Waals surface area (Å²) in [5.41, 5.74) is 4.59. The number of rotatable bonds is 3. The fourth-order valence-corrected chi connectivity index (χ4v) is 11.7. The van der Waals surface area contributed by atoms with E-state index in [1.807, 2.05) is 72.9 Å². The third kappa shape index (κ3) is 3.29. The minimum atomic E-state index is -3.22. The lowest BCUT2D eigenvalue weighted by Crippen LogP contribution is -2.52. The second kappa shape index (κ2) is 8.58. The highest BCUT2D eigenvalue weighted by atomic mass is 31.2. The van der Waals surface area contributed by atoms with Crippen LogP contribution < -0.4 is 16.0 Å². The molecule has 0 unspecified atom stereocenters. The highest BCUT2D eigenvalue weighted by molar-refractivity contribution is 7.85. The van der Waals surface area contributed by atoms with Crippen LogP contribution in [0.25, 0.3) is 0 Å². The number of benzene rings is 2. The third-order valence-electron chi connectivity index (χ3n) is 10.8. The Morgan fingerprint density at radius 3 is 2.21 bits per heavy atom. The van der Waals surface area contributed by atoms with Crippen LogP contribution in [0, 0.1) is 23.2 Å². The van der Waals surface area contributed by atoms with Gasteiger partial charge in [0.05, 0.1) is 6.20 Å². The highest BCUT2D eigenvalue weighted by Crippen LogP contribution is 2.65. The lowest BCUT2D eigenvalue weighted by atomic mass is 9.47. The molecule has 0 amide bonds. The normalized spacial score (nSPS) is 32.0. The zero-order chi connectivity index (χ0) is 26.1. The molecule has 4 nitrogen and oxygen atoms in total. The lowest BCUT2D eigenvalue weighted by Gasteiger charge is -2.57. The zero-order valence-corrected chi connectivity index (χ0v) is 23.2. The molecule has 194 valence electrons.